The van der Waals surface area contributed by atoms with Gasteiger partial charge in [0.15, 0.2) is 5.65 Å². The number of benzene rings is 1. The summed E-state index contributed by atoms with van der Waals surface area (Å²) < 4.78 is 13.4. The molecule has 3 heterocycles. The van der Waals surface area contributed by atoms with E-state index in [4.69, 9.17) is 9.47 Å². The Bertz CT molecular complexity index is 951. The van der Waals surface area contributed by atoms with E-state index in [2.05, 4.69) is 17.1 Å². The average Bonchev–Trinajstić information content (AvgIpc) is 3.43. The number of carbonyl (C=O) groups excluding carboxylic acids is 1. The van der Waals surface area contributed by atoms with Crippen molar-refractivity contribution < 1.29 is 14.3 Å². The summed E-state index contributed by atoms with van der Waals surface area (Å²) in [5.74, 6) is 0.852. The van der Waals surface area contributed by atoms with Crippen molar-refractivity contribution in [1.82, 2.24) is 19.5 Å². The van der Waals surface area contributed by atoms with Crippen molar-refractivity contribution in [3.8, 4) is 0 Å². The summed E-state index contributed by atoms with van der Waals surface area (Å²) in [7, 11) is 0. The van der Waals surface area contributed by atoms with Gasteiger partial charge in [-0.25, -0.2) is 4.79 Å². The number of amides is 1. The molecule has 0 aliphatic carbocycles. The van der Waals surface area contributed by atoms with Gasteiger partial charge in [-0.3, -0.25) is 4.40 Å². The highest BCUT2D eigenvalue weighted by molar-refractivity contribution is 5.67. The maximum atomic E-state index is 12.2. The van der Waals surface area contributed by atoms with Crippen LogP contribution < -0.4 is 0 Å². The van der Waals surface area contributed by atoms with E-state index < -0.39 is 0 Å². The number of rotatable bonds is 7. The smallest absolute Gasteiger partial charge is 0.410 e. The van der Waals surface area contributed by atoms with E-state index in [1.165, 1.54) is 0 Å². The fourth-order valence-electron chi connectivity index (χ4n) is 3.59. The van der Waals surface area contributed by atoms with Crippen LogP contribution in [0.25, 0.3) is 5.65 Å². The Morgan fingerprint density at radius 2 is 1.83 bits per heavy atom. The third-order valence-corrected chi connectivity index (χ3v) is 5.16. The zero-order chi connectivity index (χ0) is 20.1. The van der Waals surface area contributed by atoms with Crippen molar-refractivity contribution in [2.75, 3.05) is 19.7 Å². The molecule has 0 N–H and O–H groups in total. The summed E-state index contributed by atoms with van der Waals surface area (Å²) in [5.41, 5.74) is 2.73. The summed E-state index contributed by atoms with van der Waals surface area (Å²) in [5, 5.41) is 8.65. The number of fused-ring (bicyclic) bond motifs is 1. The maximum Gasteiger partial charge on any atom is 0.410 e. The minimum atomic E-state index is -0.256. The first-order valence-electron chi connectivity index (χ1n) is 10.1. The van der Waals surface area contributed by atoms with Gasteiger partial charge in [0.1, 0.15) is 12.4 Å². The third kappa shape index (κ3) is 4.56. The van der Waals surface area contributed by atoms with Crippen LogP contribution in [0.1, 0.15) is 42.8 Å². The summed E-state index contributed by atoms with van der Waals surface area (Å²) in [6.45, 7) is 4.89. The van der Waals surface area contributed by atoms with Gasteiger partial charge in [-0.2, -0.15) is 0 Å². The van der Waals surface area contributed by atoms with Crippen molar-refractivity contribution in [3.63, 3.8) is 0 Å². The normalized spacial score (nSPS) is 15.0. The molecule has 3 aromatic rings. The number of carbonyl (C=O) groups is 1. The molecule has 1 unspecified atom stereocenters. The van der Waals surface area contributed by atoms with Crippen molar-refractivity contribution in [1.29, 1.82) is 0 Å². The Balaban J connectivity index is 1.43. The molecule has 1 amide bonds. The highest BCUT2D eigenvalue weighted by Crippen LogP contribution is 2.19. The monoisotopic (exact) mass is 394 g/mol. The van der Waals surface area contributed by atoms with Gasteiger partial charge < -0.3 is 14.4 Å². The summed E-state index contributed by atoms with van der Waals surface area (Å²) >= 11 is 0. The molecule has 1 saturated heterocycles. The fourth-order valence-corrected chi connectivity index (χ4v) is 3.59. The number of pyridine rings is 1. The minimum Gasteiger partial charge on any atom is -0.443 e. The Morgan fingerprint density at radius 1 is 1.03 bits per heavy atom. The molecule has 2 aromatic heterocycles. The van der Waals surface area contributed by atoms with Crippen LogP contribution in [0.3, 0.4) is 0 Å². The zero-order valence-electron chi connectivity index (χ0n) is 16.7. The van der Waals surface area contributed by atoms with Gasteiger partial charge in [-0.05, 0) is 30.5 Å². The van der Waals surface area contributed by atoms with Crippen LogP contribution in [0.15, 0.2) is 48.5 Å². The van der Waals surface area contributed by atoms with E-state index in [0.717, 1.165) is 48.7 Å². The second kappa shape index (κ2) is 9.05. The van der Waals surface area contributed by atoms with Crippen LogP contribution in [0.5, 0.6) is 0 Å². The number of hydrogen-bond donors (Lipinski definition) is 0. The predicted octanol–water partition coefficient (Wildman–Crippen LogP) is 3.78. The number of likely N-dealkylation sites (tertiary alicyclic amines) is 1. The number of nitrogens with zero attached hydrogens (tertiary/aromatic N) is 4. The highest BCUT2D eigenvalue weighted by atomic mass is 16.6. The van der Waals surface area contributed by atoms with Crippen LogP contribution in [-0.4, -0.2) is 45.3 Å². The molecule has 1 aliphatic rings. The molecule has 7 heteroatoms. The van der Waals surface area contributed by atoms with Gasteiger partial charge in [0.25, 0.3) is 0 Å². The third-order valence-electron chi connectivity index (χ3n) is 5.16. The van der Waals surface area contributed by atoms with Crippen LogP contribution in [0.4, 0.5) is 4.79 Å². The van der Waals surface area contributed by atoms with Crippen molar-refractivity contribution in [3.05, 3.63) is 65.6 Å². The molecular weight excluding hydrogens is 368 g/mol. The van der Waals surface area contributed by atoms with Crippen LogP contribution >= 0.6 is 0 Å². The van der Waals surface area contributed by atoms with Gasteiger partial charge in [0.05, 0.1) is 18.9 Å². The van der Waals surface area contributed by atoms with E-state index in [9.17, 15) is 4.79 Å². The molecule has 7 nitrogen and oxygen atoms in total. The van der Waals surface area contributed by atoms with Gasteiger partial charge in [-0.1, -0.05) is 43.3 Å². The van der Waals surface area contributed by atoms with E-state index in [1.807, 2.05) is 52.9 Å². The number of hydrogen-bond acceptors (Lipinski definition) is 5. The number of aromatic nitrogens is 3. The molecule has 1 aromatic carbocycles. The van der Waals surface area contributed by atoms with E-state index in [-0.39, 0.29) is 18.6 Å². The van der Waals surface area contributed by atoms with Crippen LogP contribution in [0.2, 0.25) is 0 Å². The SMILES string of the molecule is CC(COCc1ccccc1)c1nnc2cccc(COC(=O)N3CCCC3)n12. The van der Waals surface area contributed by atoms with Crippen molar-refractivity contribution in [2.45, 2.75) is 38.9 Å². The van der Waals surface area contributed by atoms with Crippen molar-refractivity contribution >= 4 is 11.7 Å². The fraction of sp³-hybridized carbons (Fsp3) is 0.409. The first-order chi connectivity index (χ1) is 14.2. The maximum absolute atomic E-state index is 12.2. The molecule has 1 aliphatic heterocycles. The average molecular weight is 394 g/mol. The molecule has 152 valence electrons. The molecule has 1 atom stereocenters. The van der Waals surface area contributed by atoms with E-state index >= 15 is 0 Å². The summed E-state index contributed by atoms with van der Waals surface area (Å²) in [6, 6.07) is 15.8. The molecule has 4 rings (SSSR count). The van der Waals surface area contributed by atoms with Gasteiger partial charge in [0.2, 0.25) is 0 Å². The molecule has 0 radical (unpaired) electrons. The largest absolute Gasteiger partial charge is 0.443 e. The lowest BCUT2D eigenvalue weighted by Crippen LogP contribution is -2.28. The first-order valence-corrected chi connectivity index (χ1v) is 10.1. The molecule has 0 spiro atoms. The summed E-state index contributed by atoms with van der Waals surface area (Å²) in [4.78, 5) is 14.0. The molecule has 1 fully saturated rings. The zero-order valence-corrected chi connectivity index (χ0v) is 16.7. The first kappa shape index (κ1) is 19.4. The van der Waals surface area contributed by atoms with Gasteiger partial charge >= 0.3 is 6.09 Å². The lowest BCUT2D eigenvalue weighted by Gasteiger charge is -2.16. The van der Waals surface area contributed by atoms with Crippen LogP contribution in [-0.2, 0) is 22.7 Å². The molecule has 0 saturated carbocycles. The van der Waals surface area contributed by atoms with E-state index in [1.54, 1.807) is 4.90 Å². The second-order valence-corrected chi connectivity index (χ2v) is 7.42. The van der Waals surface area contributed by atoms with Gasteiger partial charge in [-0.15, -0.1) is 10.2 Å². The predicted molar refractivity (Wildman–Crippen MR) is 108 cm³/mol. The Morgan fingerprint density at radius 3 is 2.62 bits per heavy atom. The Labute approximate surface area is 170 Å². The topological polar surface area (TPSA) is 69.0 Å². The summed E-state index contributed by atoms with van der Waals surface area (Å²) in [6.07, 6.45) is 1.83. The van der Waals surface area contributed by atoms with E-state index in [0.29, 0.717) is 13.2 Å². The quantitative estimate of drug-likeness (QED) is 0.610. The number of ether oxygens (including phenoxy) is 2. The van der Waals surface area contributed by atoms with Gasteiger partial charge in [0, 0.05) is 19.0 Å². The lowest BCUT2D eigenvalue weighted by molar-refractivity contribution is 0.101. The lowest BCUT2D eigenvalue weighted by atomic mass is 10.2. The molecule has 0 bridgehead atoms. The minimum absolute atomic E-state index is 0.0455. The van der Waals surface area contributed by atoms with Crippen molar-refractivity contribution in [2.24, 2.45) is 0 Å². The van der Waals surface area contributed by atoms with Crippen LogP contribution in [0, 0.1) is 0 Å². The Hall–Kier alpha value is -2.93. The Kier molecular flexibility index (Phi) is 6.05. The molecular formula is C22H26N4O3. The highest BCUT2D eigenvalue weighted by Gasteiger charge is 2.21. The second-order valence-electron chi connectivity index (χ2n) is 7.42. The molecule has 29 heavy (non-hydrogen) atoms. The standard InChI is InChI=1S/C22H26N4O3/c1-17(14-28-15-18-8-3-2-4-9-18)21-24-23-20-11-7-10-19(26(20)21)16-29-22(27)25-12-5-6-13-25/h2-4,7-11,17H,5-6,12-16H2,1H3.